The molecule has 1 aliphatic heterocycles. The molecule has 0 unspecified atom stereocenters. The summed E-state index contributed by atoms with van der Waals surface area (Å²) in [7, 11) is 0. The molecule has 2 heterocycles. The maximum absolute atomic E-state index is 3.55. The molecular weight excluding hydrogens is 228 g/mol. The number of nitrogens with zero attached hydrogens (tertiary/aromatic N) is 1. The van der Waals surface area contributed by atoms with E-state index >= 15 is 0 Å². The molecule has 1 aliphatic rings. The van der Waals surface area contributed by atoms with Gasteiger partial charge in [-0.05, 0) is 69.4 Å². The summed E-state index contributed by atoms with van der Waals surface area (Å²) in [5.74, 6) is 0. The third kappa shape index (κ3) is 4.41. The molecule has 0 saturated carbocycles. The molecule has 96 valence electrons. The zero-order chi connectivity index (χ0) is 11.9. The van der Waals surface area contributed by atoms with E-state index in [1.807, 2.05) is 11.3 Å². The highest BCUT2D eigenvalue weighted by Gasteiger charge is 2.08. The summed E-state index contributed by atoms with van der Waals surface area (Å²) in [5, 5.41) is 5.73. The van der Waals surface area contributed by atoms with Gasteiger partial charge in [0.05, 0.1) is 0 Å². The normalized spacial score (nSPS) is 17.5. The van der Waals surface area contributed by atoms with Crippen LogP contribution < -0.4 is 5.32 Å². The van der Waals surface area contributed by atoms with Gasteiger partial charge >= 0.3 is 0 Å². The first-order valence-electron chi connectivity index (χ1n) is 6.82. The number of rotatable bonds is 6. The lowest BCUT2D eigenvalue weighted by molar-refractivity contribution is 0.225. The highest BCUT2D eigenvalue weighted by Crippen LogP contribution is 2.14. The lowest BCUT2D eigenvalue weighted by atomic mass is 10.1. The minimum atomic E-state index is 1.05. The molecule has 0 atom stereocenters. The largest absolute Gasteiger partial charge is 0.312 e. The summed E-state index contributed by atoms with van der Waals surface area (Å²) in [6.07, 6.45) is 5.53. The standard InChI is InChI=1S/C14H24N2S/c1-13-6-11-17-14(13)12-15-7-5-10-16-8-3-2-4-9-16/h6,11,15H,2-5,7-10,12H2,1H3. The van der Waals surface area contributed by atoms with E-state index in [4.69, 9.17) is 0 Å². The predicted molar refractivity (Wildman–Crippen MR) is 75.7 cm³/mol. The fourth-order valence-electron chi connectivity index (χ4n) is 2.40. The molecule has 1 aromatic rings. The summed E-state index contributed by atoms with van der Waals surface area (Å²) < 4.78 is 0. The predicted octanol–water partition coefficient (Wildman–Crippen LogP) is 3.02. The number of thiophene rings is 1. The second kappa shape index (κ2) is 7.14. The minimum Gasteiger partial charge on any atom is -0.312 e. The molecule has 2 nitrogen and oxygen atoms in total. The van der Waals surface area contributed by atoms with Gasteiger partial charge in [-0.3, -0.25) is 0 Å². The lowest BCUT2D eigenvalue weighted by Crippen LogP contribution is -2.32. The van der Waals surface area contributed by atoms with E-state index in [0.717, 1.165) is 13.1 Å². The van der Waals surface area contributed by atoms with Crippen molar-refractivity contribution in [3.05, 3.63) is 21.9 Å². The van der Waals surface area contributed by atoms with Crippen LogP contribution in [0.4, 0.5) is 0 Å². The van der Waals surface area contributed by atoms with E-state index in [1.54, 1.807) is 0 Å². The van der Waals surface area contributed by atoms with Crippen LogP contribution in [0.25, 0.3) is 0 Å². The van der Waals surface area contributed by atoms with Gasteiger partial charge in [-0.2, -0.15) is 0 Å². The summed E-state index contributed by atoms with van der Waals surface area (Å²) >= 11 is 1.86. The fraction of sp³-hybridized carbons (Fsp3) is 0.714. The Morgan fingerprint density at radius 2 is 2.12 bits per heavy atom. The minimum absolute atomic E-state index is 1.05. The number of aryl methyl sites for hydroxylation is 1. The maximum Gasteiger partial charge on any atom is 0.0302 e. The smallest absolute Gasteiger partial charge is 0.0302 e. The van der Waals surface area contributed by atoms with Crippen molar-refractivity contribution in [3.8, 4) is 0 Å². The van der Waals surface area contributed by atoms with Gasteiger partial charge in [0.2, 0.25) is 0 Å². The zero-order valence-corrected chi connectivity index (χ0v) is 11.7. The SMILES string of the molecule is Cc1ccsc1CNCCCN1CCCCC1. The fourth-order valence-corrected chi connectivity index (χ4v) is 3.27. The van der Waals surface area contributed by atoms with Crippen LogP contribution in [-0.2, 0) is 6.54 Å². The highest BCUT2D eigenvalue weighted by molar-refractivity contribution is 7.10. The molecule has 0 aliphatic carbocycles. The van der Waals surface area contributed by atoms with Gasteiger partial charge in [0.1, 0.15) is 0 Å². The topological polar surface area (TPSA) is 15.3 Å². The van der Waals surface area contributed by atoms with Crippen LogP contribution in [0.15, 0.2) is 11.4 Å². The number of likely N-dealkylation sites (tertiary alicyclic amines) is 1. The van der Waals surface area contributed by atoms with Gasteiger partial charge in [-0.15, -0.1) is 11.3 Å². The number of hydrogen-bond acceptors (Lipinski definition) is 3. The van der Waals surface area contributed by atoms with E-state index in [-0.39, 0.29) is 0 Å². The Bertz CT molecular complexity index is 316. The second-order valence-corrected chi connectivity index (χ2v) is 5.96. The monoisotopic (exact) mass is 252 g/mol. The van der Waals surface area contributed by atoms with Crippen molar-refractivity contribution >= 4 is 11.3 Å². The van der Waals surface area contributed by atoms with Crippen molar-refractivity contribution in [1.29, 1.82) is 0 Å². The Hall–Kier alpha value is -0.380. The van der Waals surface area contributed by atoms with Crippen molar-refractivity contribution in [1.82, 2.24) is 10.2 Å². The van der Waals surface area contributed by atoms with Crippen LogP contribution in [-0.4, -0.2) is 31.1 Å². The van der Waals surface area contributed by atoms with Crippen molar-refractivity contribution in [2.24, 2.45) is 0 Å². The zero-order valence-electron chi connectivity index (χ0n) is 10.9. The van der Waals surface area contributed by atoms with E-state index < -0.39 is 0 Å². The number of piperidine rings is 1. The molecule has 0 aromatic carbocycles. The summed E-state index contributed by atoms with van der Waals surface area (Å²) in [6, 6.07) is 2.20. The van der Waals surface area contributed by atoms with Gasteiger partial charge in [0.25, 0.3) is 0 Å². The average molecular weight is 252 g/mol. The van der Waals surface area contributed by atoms with Crippen LogP contribution in [0.2, 0.25) is 0 Å². The average Bonchev–Trinajstić information content (AvgIpc) is 2.76. The molecule has 1 N–H and O–H groups in total. The number of nitrogens with one attached hydrogen (secondary N) is 1. The maximum atomic E-state index is 3.55. The van der Waals surface area contributed by atoms with E-state index in [9.17, 15) is 0 Å². The van der Waals surface area contributed by atoms with Gasteiger partial charge in [0, 0.05) is 11.4 Å². The van der Waals surface area contributed by atoms with Crippen molar-refractivity contribution in [2.45, 2.75) is 39.2 Å². The van der Waals surface area contributed by atoms with Crippen LogP contribution in [0, 0.1) is 6.92 Å². The van der Waals surface area contributed by atoms with Gasteiger partial charge in [-0.1, -0.05) is 6.42 Å². The molecule has 0 bridgehead atoms. The lowest BCUT2D eigenvalue weighted by Gasteiger charge is -2.26. The van der Waals surface area contributed by atoms with Crippen molar-refractivity contribution in [3.63, 3.8) is 0 Å². The van der Waals surface area contributed by atoms with Crippen LogP contribution >= 0.6 is 11.3 Å². The Labute approximate surface area is 109 Å². The van der Waals surface area contributed by atoms with Crippen LogP contribution in [0.1, 0.15) is 36.1 Å². The van der Waals surface area contributed by atoms with Gasteiger partial charge in [-0.25, -0.2) is 0 Å². The Morgan fingerprint density at radius 1 is 1.29 bits per heavy atom. The molecular formula is C14H24N2S. The third-order valence-corrected chi connectivity index (χ3v) is 4.55. The van der Waals surface area contributed by atoms with Crippen LogP contribution in [0.5, 0.6) is 0 Å². The van der Waals surface area contributed by atoms with Crippen LogP contribution in [0.3, 0.4) is 0 Å². The summed E-state index contributed by atoms with van der Waals surface area (Å²) in [6.45, 7) is 8.31. The van der Waals surface area contributed by atoms with E-state index in [2.05, 4.69) is 28.6 Å². The molecule has 1 saturated heterocycles. The first-order valence-corrected chi connectivity index (χ1v) is 7.70. The second-order valence-electron chi connectivity index (χ2n) is 4.96. The first-order chi connectivity index (χ1) is 8.36. The molecule has 1 fully saturated rings. The third-order valence-electron chi connectivity index (χ3n) is 3.53. The molecule has 0 amide bonds. The summed E-state index contributed by atoms with van der Waals surface area (Å²) in [5.41, 5.74) is 1.43. The van der Waals surface area contributed by atoms with Crippen molar-refractivity contribution in [2.75, 3.05) is 26.2 Å². The Morgan fingerprint density at radius 3 is 2.82 bits per heavy atom. The van der Waals surface area contributed by atoms with E-state index in [0.29, 0.717) is 0 Å². The Kier molecular flexibility index (Phi) is 5.49. The molecule has 17 heavy (non-hydrogen) atoms. The molecule has 3 heteroatoms. The van der Waals surface area contributed by atoms with Gasteiger partial charge < -0.3 is 10.2 Å². The molecule has 0 spiro atoms. The molecule has 2 rings (SSSR count). The molecule has 1 aromatic heterocycles. The highest BCUT2D eigenvalue weighted by atomic mass is 32.1. The van der Waals surface area contributed by atoms with E-state index in [1.165, 1.54) is 55.8 Å². The quantitative estimate of drug-likeness (QED) is 0.783. The first kappa shape index (κ1) is 13.1. The number of hydrogen-bond donors (Lipinski definition) is 1. The molecule has 0 radical (unpaired) electrons. The van der Waals surface area contributed by atoms with Gasteiger partial charge in [0.15, 0.2) is 0 Å². The van der Waals surface area contributed by atoms with Crippen molar-refractivity contribution < 1.29 is 0 Å². The Balaban J connectivity index is 1.53. The summed E-state index contributed by atoms with van der Waals surface area (Å²) in [4.78, 5) is 4.10.